The molecule has 0 bridgehead atoms. The van der Waals surface area contributed by atoms with Crippen LogP contribution in [0, 0.1) is 0 Å². The van der Waals surface area contributed by atoms with Crippen molar-refractivity contribution < 1.29 is 32.2 Å². The zero-order valence-electron chi connectivity index (χ0n) is 11.9. The normalized spacial score (nSPS) is 14.6. The van der Waals surface area contributed by atoms with E-state index in [2.05, 4.69) is 4.74 Å². The van der Waals surface area contributed by atoms with Crippen molar-refractivity contribution in [2.24, 2.45) is 0 Å². The van der Waals surface area contributed by atoms with Gasteiger partial charge in [-0.2, -0.15) is 4.31 Å². The third kappa shape index (κ3) is 3.48. The molecule has 2 rings (SSSR count). The van der Waals surface area contributed by atoms with Crippen LogP contribution in [0.5, 0.6) is 5.75 Å². The Morgan fingerprint density at radius 2 is 2.00 bits per heavy atom. The van der Waals surface area contributed by atoms with E-state index in [4.69, 9.17) is 9.47 Å². The van der Waals surface area contributed by atoms with Crippen LogP contribution in [0.2, 0.25) is 0 Å². The number of sulfonamides is 1. The average Bonchev–Trinajstić information content (AvgIpc) is 2.93. The van der Waals surface area contributed by atoms with E-state index in [0.717, 1.165) is 0 Å². The highest BCUT2D eigenvalue weighted by atomic mass is 32.2. The van der Waals surface area contributed by atoms with Crippen molar-refractivity contribution in [3.05, 3.63) is 24.3 Å². The Labute approximate surface area is 127 Å². The molecule has 1 heterocycles. The lowest BCUT2D eigenvalue weighted by atomic mass is 10.3. The highest BCUT2D eigenvalue weighted by Gasteiger charge is 2.34. The van der Waals surface area contributed by atoms with Crippen molar-refractivity contribution in [3.63, 3.8) is 0 Å². The summed E-state index contributed by atoms with van der Waals surface area (Å²) in [4.78, 5) is 22.4. The monoisotopic (exact) mass is 329 g/mol. The number of hydrogen-bond donors (Lipinski definition) is 0. The second-order valence-corrected chi connectivity index (χ2v) is 6.12. The van der Waals surface area contributed by atoms with E-state index in [1.165, 1.54) is 24.3 Å². The number of ether oxygens (including phenoxy) is 3. The van der Waals surface area contributed by atoms with Crippen molar-refractivity contribution in [1.29, 1.82) is 0 Å². The quantitative estimate of drug-likeness (QED) is 0.711. The first kappa shape index (κ1) is 16.1. The summed E-state index contributed by atoms with van der Waals surface area (Å²) in [6, 6.07) is 5.38. The van der Waals surface area contributed by atoms with Crippen molar-refractivity contribution in [2.45, 2.75) is 11.8 Å². The van der Waals surface area contributed by atoms with Gasteiger partial charge < -0.3 is 14.2 Å². The van der Waals surface area contributed by atoms with E-state index < -0.39 is 22.1 Å². The molecule has 120 valence electrons. The molecule has 8 nitrogen and oxygen atoms in total. The zero-order valence-corrected chi connectivity index (χ0v) is 12.7. The van der Waals surface area contributed by atoms with Gasteiger partial charge in [0.15, 0.2) is 6.61 Å². The van der Waals surface area contributed by atoms with Gasteiger partial charge in [-0.1, -0.05) is 0 Å². The lowest BCUT2D eigenvalue weighted by molar-refractivity contribution is -0.145. The topological polar surface area (TPSA) is 99.2 Å². The van der Waals surface area contributed by atoms with E-state index in [9.17, 15) is 18.0 Å². The number of nitrogens with zero attached hydrogens (tertiary/aromatic N) is 1. The Bertz CT molecular complexity index is 653. The van der Waals surface area contributed by atoms with Gasteiger partial charge in [-0.05, 0) is 31.2 Å². The van der Waals surface area contributed by atoms with Crippen molar-refractivity contribution in [2.75, 3.05) is 26.4 Å². The molecule has 0 aromatic heterocycles. The molecule has 0 unspecified atom stereocenters. The lowest BCUT2D eigenvalue weighted by Gasteiger charge is -2.13. The number of carbonyl (C=O) groups excluding carboxylic acids is 2. The molecule has 1 aliphatic heterocycles. The fraction of sp³-hybridized carbons (Fsp3) is 0.385. The molecule has 0 N–H and O–H groups in total. The molecular weight excluding hydrogens is 314 g/mol. The minimum Gasteiger partial charge on any atom is -0.482 e. The zero-order chi connectivity index (χ0) is 16.2. The summed E-state index contributed by atoms with van der Waals surface area (Å²) in [7, 11) is -3.93. The van der Waals surface area contributed by atoms with Gasteiger partial charge in [-0.25, -0.2) is 18.0 Å². The molecule has 0 atom stereocenters. The van der Waals surface area contributed by atoms with Gasteiger partial charge >= 0.3 is 12.1 Å². The maximum Gasteiger partial charge on any atom is 0.424 e. The molecule has 1 fully saturated rings. The first-order valence-corrected chi connectivity index (χ1v) is 7.97. The molecule has 1 aromatic rings. The van der Waals surface area contributed by atoms with Crippen LogP contribution in [-0.2, 0) is 24.3 Å². The third-order valence-electron chi connectivity index (χ3n) is 2.80. The maximum absolute atomic E-state index is 12.2. The van der Waals surface area contributed by atoms with E-state index in [1.54, 1.807) is 6.92 Å². The number of rotatable bonds is 6. The maximum atomic E-state index is 12.2. The van der Waals surface area contributed by atoms with Gasteiger partial charge in [0.05, 0.1) is 18.0 Å². The molecule has 0 radical (unpaired) electrons. The van der Waals surface area contributed by atoms with Crippen LogP contribution in [0.25, 0.3) is 0 Å². The summed E-state index contributed by atoms with van der Waals surface area (Å²) in [5.41, 5.74) is 0. The van der Waals surface area contributed by atoms with E-state index in [0.29, 0.717) is 10.1 Å². The molecule has 1 amide bonds. The summed E-state index contributed by atoms with van der Waals surface area (Å²) in [6.07, 6.45) is -0.886. The molecule has 0 saturated carbocycles. The minimum absolute atomic E-state index is 0.0116. The highest BCUT2D eigenvalue weighted by Crippen LogP contribution is 2.22. The van der Waals surface area contributed by atoms with E-state index in [1.807, 2.05) is 0 Å². The Kier molecular flexibility index (Phi) is 4.86. The number of amides is 1. The van der Waals surface area contributed by atoms with Gasteiger partial charge in [-0.15, -0.1) is 0 Å². The van der Waals surface area contributed by atoms with E-state index >= 15 is 0 Å². The highest BCUT2D eigenvalue weighted by molar-refractivity contribution is 7.89. The fourth-order valence-electron chi connectivity index (χ4n) is 1.78. The predicted octanol–water partition coefficient (Wildman–Crippen LogP) is 0.769. The molecule has 1 aliphatic rings. The fourth-order valence-corrected chi connectivity index (χ4v) is 3.08. The second kappa shape index (κ2) is 6.65. The molecule has 9 heteroatoms. The van der Waals surface area contributed by atoms with Crippen LogP contribution in [-0.4, -0.2) is 51.2 Å². The number of benzene rings is 1. The molecule has 22 heavy (non-hydrogen) atoms. The molecule has 1 saturated heterocycles. The Balaban J connectivity index is 2.05. The molecule has 1 aromatic carbocycles. The van der Waals surface area contributed by atoms with Crippen LogP contribution < -0.4 is 4.74 Å². The van der Waals surface area contributed by atoms with Crippen molar-refractivity contribution >= 4 is 22.1 Å². The number of cyclic esters (lactones) is 1. The van der Waals surface area contributed by atoms with Crippen molar-refractivity contribution in [3.8, 4) is 5.75 Å². The number of esters is 1. The van der Waals surface area contributed by atoms with Gasteiger partial charge in [0, 0.05) is 0 Å². The van der Waals surface area contributed by atoms with Gasteiger partial charge in [-0.3, -0.25) is 0 Å². The van der Waals surface area contributed by atoms with Gasteiger partial charge in [0.25, 0.3) is 10.0 Å². The summed E-state index contributed by atoms with van der Waals surface area (Å²) in [6.45, 7) is 1.70. The standard InChI is InChI=1S/C13H15NO7S/c1-2-19-12(15)9-21-10-3-5-11(6-4-10)22(17,18)14-7-8-20-13(14)16/h3-6H,2,7-9H2,1H3. The van der Waals surface area contributed by atoms with Crippen molar-refractivity contribution in [1.82, 2.24) is 4.31 Å². The summed E-state index contributed by atoms with van der Waals surface area (Å²) in [5, 5.41) is 0. The Hall–Kier alpha value is -2.29. The first-order valence-electron chi connectivity index (χ1n) is 6.53. The molecule has 0 aliphatic carbocycles. The second-order valence-electron chi connectivity index (χ2n) is 4.26. The van der Waals surface area contributed by atoms with Crippen LogP contribution in [0.4, 0.5) is 4.79 Å². The summed E-state index contributed by atoms with van der Waals surface area (Å²) < 4.78 is 39.6. The largest absolute Gasteiger partial charge is 0.482 e. The van der Waals surface area contributed by atoms with Crippen LogP contribution in [0.15, 0.2) is 29.2 Å². The van der Waals surface area contributed by atoms with E-state index in [-0.39, 0.29) is 31.3 Å². The summed E-state index contributed by atoms with van der Waals surface area (Å²) in [5.74, 6) is -0.199. The van der Waals surface area contributed by atoms with Gasteiger partial charge in [0.1, 0.15) is 12.4 Å². The molecular formula is C13H15NO7S. The predicted molar refractivity (Wildman–Crippen MR) is 73.8 cm³/mol. The minimum atomic E-state index is -3.93. The van der Waals surface area contributed by atoms with Crippen LogP contribution in [0.1, 0.15) is 6.92 Å². The van der Waals surface area contributed by atoms with Gasteiger partial charge in [0.2, 0.25) is 0 Å². The number of carbonyl (C=O) groups is 2. The Morgan fingerprint density at radius 1 is 1.32 bits per heavy atom. The number of hydrogen-bond acceptors (Lipinski definition) is 7. The SMILES string of the molecule is CCOC(=O)COc1ccc(S(=O)(=O)N2CCOC2=O)cc1. The average molecular weight is 329 g/mol. The van der Waals surface area contributed by atoms with Crippen LogP contribution in [0.3, 0.4) is 0 Å². The first-order chi connectivity index (χ1) is 10.4. The Morgan fingerprint density at radius 3 is 2.55 bits per heavy atom. The molecule has 0 spiro atoms. The third-order valence-corrected chi connectivity index (χ3v) is 4.58. The van der Waals surface area contributed by atoms with Crippen LogP contribution >= 0.6 is 0 Å². The lowest BCUT2D eigenvalue weighted by Crippen LogP contribution is -2.31. The smallest absolute Gasteiger partial charge is 0.424 e. The summed E-state index contributed by atoms with van der Waals surface area (Å²) >= 11 is 0.